The topological polar surface area (TPSA) is 111 Å². The van der Waals surface area contributed by atoms with E-state index < -0.39 is 29.4 Å². The summed E-state index contributed by atoms with van der Waals surface area (Å²) in [7, 11) is 1.52. The fraction of sp³-hybridized carbons (Fsp3) is 0.281. The number of alkyl halides is 3. The zero-order valence-corrected chi connectivity index (χ0v) is 24.2. The molecule has 236 valence electrons. The highest BCUT2D eigenvalue weighted by Gasteiger charge is 2.30. The predicted octanol–water partition coefficient (Wildman–Crippen LogP) is 5.83. The molecule has 13 heteroatoms. The first kappa shape index (κ1) is 31.5. The third kappa shape index (κ3) is 7.79. The van der Waals surface area contributed by atoms with E-state index >= 15 is 4.39 Å². The molecule has 1 fully saturated rings. The van der Waals surface area contributed by atoms with E-state index in [1.165, 1.54) is 37.6 Å². The quantitative estimate of drug-likeness (QED) is 0.159. The third-order valence-corrected chi connectivity index (χ3v) is 7.28. The number of nitrogens with one attached hydrogen (secondary N) is 3. The Morgan fingerprint density at radius 3 is 2.38 bits per heavy atom. The first-order valence-electron chi connectivity index (χ1n) is 14.1. The smallest absolute Gasteiger partial charge is 0.416 e. The van der Waals surface area contributed by atoms with Gasteiger partial charge in [-0.25, -0.2) is 4.39 Å². The molecule has 45 heavy (non-hydrogen) atoms. The Morgan fingerprint density at radius 2 is 1.69 bits per heavy atom. The molecule has 1 aromatic heterocycles. The van der Waals surface area contributed by atoms with E-state index in [-0.39, 0.29) is 18.0 Å². The SMILES string of the molecule is COc1c(OCC2CCNCC2)ccc2c(Oc3ccc(NC(=O)C(=O)NCc4ccc(C(F)(F)F)cc4)cc3F)ccnc12. The summed E-state index contributed by atoms with van der Waals surface area (Å²) in [4.78, 5) is 29.0. The highest BCUT2D eigenvalue weighted by molar-refractivity contribution is 6.39. The average Bonchev–Trinajstić information content (AvgIpc) is 3.03. The van der Waals surface area contributed by atoms with Crippen LogP contribution in [0.5, 0.6) is 23.0 Å². The predicted molar refractivity (Wildman–Crippen MR) is 158 cm³/mol. The number of pyridine rings is 1. The number of fused-ring (bicyclic) bond motifs is 1. The first-order valence-corrected chi connectivity index (χ1v) is 14.1. The summed E-state index contributed by atoms with van der Waals surface area (Å²) in [6.07, 6.45) is -0.923. The van der Waals surface area contributed by atoms with Gasteiger partial charge in [-0.2, -0.15) is 13.2 Å². The molecule has 2 amide bonds. The number of anilines is 1. The van der Waals surface area contributed by atoms with Crippen LogP contribution in [0, 0.1) is 11.7 Å². The molecule has 4 aromatic rings. The summed E-state index contributed by atoms with van der Waals surface area (Å²) in [6, 6.07) is 12.9. The molecule has 3 N–H and O–H groups in total. The van der Waals surface area contributed by atoms with Gasteiger partial charge in [0.25, 0.3) is 0 Å². The number of piperidine rings is 1. The van der Waals surface area contributed by atoms with Gasteiger partial charge in [-0.15, -0.1) is 0 Å². The number of amides is 2. The summed E-state index contributed by atoms with van der Waals surface area (Å²) in [5, 5.41) is 8.49. The fourth-order valence-corrected chi connectivity index (χ4v) is 4.85. The van der Waals surface area contributed by atoms with Gasteiger partial charge in [0.1, 0.15) is 11.3 Å². The van der Waals surface area contributed by atoms with Crippen LogP contribution in [0.2, 0.25) is 0 Å². The van der Waals surface area contributed by atoms with Gasteiger partial charge in [-0.05, 0) is 79.9 Å². The standard InChI is InChI=1S/C32H30F4N4O5/c1-43-29-27(44-18-20-10-13-37-14-11-20)9-7-23-25(12-15-38-28(23)29)45-26-8-6-22(16-24(26)33)40-31(42)30(41)39-17-19-2-4-21(5-3-19)32(34,35)36/h2-9,12,15-16,20,37H,10-11,13-14,17-18H2,1H3,(H,39,41)(H,40,42). The van der Waals surface area contributed by atoms with Gasteiger partial charge in [-0.1, -0.05) is 12.1 Å². The van der Waals surface area contributed by atoms with Crippen molar-refractivity contribution in [1.82, 2.24) is 15.6 Å². The monoisotopic (exact) mass is 626 g/mol. The molecular formula is C32H30F4N4O5. The Kier molecular flexibility index (Phi) is 9.67. The van der Waals surface area contributed by atoms with Crippen LogP contribution in [-0.2, 0) is 22.3 Å². The molecular weight excluding hydrogens is 596 g/mol. The molecule has 0 radical (unpaired) electrons. The zero-order chi connectivity index (χ0) is 32.0. The van der Waals surface area contributed by atoms with Crippen LogP contribution >= 0.6 is 0 Å². The molecule has 0 bridgehead atoms. The number of benzene rings is 3. The number of hydrogen-bond acceptors (Lipinski definition) is 7. The molecule has 0 unspecified atom stereocenters. The molecule has 1 aliphatic rings. The lowest BCUT2D eigenvalue weighted by molar-refractivity contribution is -0.137. The maximum Gasteiger partial charge on any atom is 0.416 e. The molecule has 9 nitrogen and oxygen atoms in total. The Hall–Kier alpha value is -4.91. The summed E-state index contributed by atoms with van der Waals surface area (Å²) < 4.78 is 70.7. The lowest BCUT2D eigenvalue weighted by Gasteiger charge is -2.23. The van der Waals surface area contributed by atoms with Gasteiger partial charge >= 0.3 is 18.0 Å². The second-order valence-corrected chi connectivity index (χ2v) is 10.4. The number of ether oxygens (including phenoxy) is 3. The summed E-state index contributed by atoms with van der Waals surface area (Å²) in [5.41, 5.74) is -0.00154. The highest BCUT2D eigenvalue weighted by Crippen LogP contribution is 2.40. The van der Waals surface area contributed by atoms with Crippen LogP contribution in [0.1, 0.15) is 24.0 Å². The molecule has 0 saturated carbocycles. The van der Waals surface area contributed by atoms with Crippen LogP contribution in [0.3, 0.4) is 0 Å². The van der Waals surface area contributed by atoms with Crippen LogP contribution < -0.4 is 30.2 Å². The fourth-order valence-electron chi connectivity index (χ4n) is 4.85. The number of rotatable bonds is 9. The highest BCUT2D eigenvalue weighted by atomic mass is 19.4. The van der Waals surface area contributed by atoms with Crippen molar-refractivity contribution in [1.29, 1.82) is 0 Å². The van der Waals surface area contributed by atoms with Gasteiger partial charge in [0.2, 0.25) is 0 Å². The Bertz CT molecular complexity index is 1680. The number of halogens is 4. The Morgan fingerprint density at radius 1 is 0.956 bits per heavy atom. The van der Waals surface area contributed by atoms with E-state index in [0.717, 1.165) is 44.1 Å². The molecule has 0 spiro atoms. The number of nitrogens with zero attached hydrogens (tertiary/aromatic N) is 1. The zero-order valence-electron chi connectivity index (χ0n) is 24.2. The minimum Gasteiger partial charge on any atom is -0.491 e. The normalized spacial score (nSPS) is 13.7. The molecule has 0 aliphatic carbocycles. The van der Waals surface area contributed by atoms with Crippen molar-refractivity contribution in [2.45, 2.75) is 25.6 Å². The molecule has 1 saturated heterocycles. The van der Waals surface area contributed by atoms with Crippen molar-refractivity contribution in [2.75, 3.05) is 32.1 Å². The number of carbonyl (C=O) groups excluding carboxylic acids is 2. The summed E-state index contributed by atoms with van der Waals surface area (Å²) >= 11 is 0. The second kappa shape index (κ2) is 13.8. The van der Waals surface area contributed by atoms with Crippen molar-refractivity contribution in [3.8, 4) is 23.0 Å². The third-order valence-electron chi connectivity index (χ3n) is 7.28. The van der Waals surface area contributed by atoms with Crippen molar-refractivity contribution in [3.05, 3.63) is 83.8 Å². The van der Waals surface area contributed by atoms with E-state index in [4.69, 9.17) is 14.2 Å². The van der Waals surface area contributed by atoms with E-state index in [9.17, 15) is 22.8 Å². The number of carbonyl (C=O) groups is 2. The van der Waals surface area contributed by atoms with E-state index in [1.54, 1.807) is 18.2 Å². The van der Waals surface area contributed by atoms with Gasteiger partial charge in [-0.3, -0.25) is 14.6 Å². The van der Waals surface area contributed by atoms with Gasteiger partial charge in [0, 0.05) is 29.9 Å². The summed E-state index contributed by atoms with van der Waals surface area (Å²) in [6.45, 7) is 2.29. The second-order valence-electron chi connectivity index (χ2n) is 10.4. The van der Waals surface area contributed by atoms with Crippen LogP contribution in [-0.4, -0.2) is 43.6 Å². The Balaban J connectivity index is 1.21. The van der Waals surface area contributed by atoms with Crippen molar-refractivity contribution in [2.24, 2.45) is 5.92 Å². The number of aromatic nitrogens is 1. The lowest BCUT2D eigenvalue weighted by atomic mass is 9.99. The average molecular weight is 627 g/mol. The molecule has 3 aromatic carbocycles. The van der Waals surface area contributed by atoms with E-state index in [1.807, 2.05) is 0 Å². The largest absolute Gasteiger partial charge is 0.491 e. The molecule has 1 aliphatic heterocycles. The molecule has 5 rings (SSSR count). The van der Waals surface area contributed by atoms with Crippen molar-refractivity contribution in [3.63, 3.8) is 0 Å². The van der Waals surface area contributed by atoms with Crippen LogP contribution in [0.15, 0.2) is 66.9 Å². The van der Waals surface area contributed by atoms with Crippen LogP contribution in [0.25, 0.3) is 10.9 Å². The first-order chi connectivity index (χ1) is 21.6. The van der Waals surface area contributed by atoms with Crippen molar-refractivity contribution >= 4 is 28.4 Å². The minimum absolute atomic E-state index is 0.00803. The van der Waals surface area contributed by atoms with Gasteiger partial charge in [0.15, 0.2) is 23.1 Å². The Labute approximate surface area is 255 Å². The molecule has 0 atom stereocenters. The maximum atomic E-state index is 15.0. The maximum absolute atomic E-state index is 15.0. The summed E-state index contributed by atoms with van der Waals surface area (Å²) in [5.74, 6) is -1.36. The number of hydrogen-bond donors (Lipinski definition) is 3. The lowest BCUT2D eigenvalue weighted by Crippen LogP contribution is -2.35. The van der Waals surface area contributed by atoms with Gasteiger partial charge < -0.3 is 30.2 Å². The number of methoxy groups -OCH3 is 1. The minimum atomic E-state index is -4.48. The van der Waals surface area contributed by atoms with Gasteiger partial charge in [0.05, 0.1) is 19.3 Å². The molecule has 2 heterocycles. The van der Waals surface area contributed by atoms with Crippen LogP contribution in [0.4, 0.5) is 23.2 Å². The van der Waals surface area contributed by atoms with E-state index in [2.05, 4.69) is 20.9 Å². The van der Waals surface area contributed by atoms with Crippen molar-refractivity contribution < 1.29 is 41.4 Å². The van der Waals surface area contributed by atoms with E-state index in [0.29, 0.717) is 46.2 Å².